The molecule has 1 amide bonds. The molecule has 1 aliphatic rings. The van der Waals surface area contributed by atoms with E-state index >= 15 is 0 Å². The molecular weight excluding hydrogens is 230 g/mol. The third kappa shape index (κ3) is 5.33. The van der Waals surface area contributed by atoms with Crippen molar-refractivity contribution in [3.63, 3.8) is 0 Å². The number of likely N-dealkylation sites (tertiary alicyclic amines) is 1. The lowest BCUT2D eigenvalue weighted by Crippen LogP contribution is -2.31. The molecule has 0 aromatic rings. The molecule has 0 saturated carbocycles. The second kappa shape index (κ2) is 8.02. The second-order valence-electron chi connectivity index (χ2n) is 5.26. The first kappa shape index (κ1) is 14.9. The highest BCUT2D eigenvalue weighted by Crippen LogP contribution is 2.25. The fourth-order valence-electron chi connectivity index (χ4n) is 2.46. The van der Waals surface area contributed by atoms with Crippen LogP contribution in [0.5, 0.6) is 0 Å². The Morgan fingerprint density at radius 3 is 2.82 bits per heavy atom. The van der Waals surface area contributed by atoms with Crippen LogP contribution in [-0.2, 0) is 4.79 Å². The standard InChI is InChI=1S/C14H27NOS/c1-4-17-11-5-9-15-10-8-13(12(2)3)6-7-14(15)16/h12-13H,4-11H2,1-3H3. The molecule has 1 atom stereocenters. The van der Waals surface area contributed by atoms with Crippen molar-refractivity contribution in [1.29, 1.82) is 0 Å². The van der Waals surface area contributed by atoms with E-state index in [1.165, 1.54) is 17.9 Å². The largest absolute Gasteiger partial charge is 0.343 e. The van der Waals surface area contributed by atoms with Gasteiger partial charge in [-0.2, -0.15) is 11.8 Å². The summed E-state index contributed by atoms with van der Waals surface area (Å²) >= 11 is 1.97. The van der Waals surface area contributed by atoms with E-state index in [2.05, 4.69) is 25.7 Å². The lowest BCUT2D eigenvalue weighted by Gasteiger charge is -2.21. The van der Waals surface area contributed by atoms with E-state index in [9.17, 15) is 4.79 Å². The maximum Gasteiger partial charge on any atom is 0.222 e. The van der Waals surface area contributed by atoms with Gasteiger partial charge in [-0.05, 0) is 42.6 Å². The number of thioether (sulfide) groups is 1. The molecule has 1 fully saturated rings. The Morgan fingerprint density at radius 2 is 2.18 bits per heavy atom. The summed E-state index contributed by atoms with van der Waals surface area (Å²) in [6.45, 7) is 8.70. The summed E-state index contributed by atoms with van der Waals surface area (Å²) in [7, 11) is 0. The molecule has 0 aromatic carbocycles. The first-order valence-corrected chi connectivity index (χ1v) is 8.16. The number of carbonyl (C=O) groups excluding carboxylic acids is 1. The van der Waals surface area contributed by atoms with Gasteiger partial charge in [0.2, 0.25) is 5.91 Å². The van der Waals surface area contributed by atoms with Crippen LogP contribution in [0.25, 0.3) is 0 Å². The summed E-state index contributed by atoms with van der Waals surface area (Å²) in [5.41, 5.74) is 0. The minimum atomic E-state index is 0.384. The van der Waals surface area contributed by atoms with Gasteiger partial charge in [-0.1, -0.05) is 20.8 Å². The molecule has 17 heavy (non-hydrogen) atoms. The average Bonchev–Trinajstić information content (AvgIpc) is 2.48. The Labute approximate surface area is 111 Å². The number of hydrogen-bond donors (Lipinski definition) is 0. The average molecular weight is 257 g/mol. The van der Waals surface area contributed by atoms with Crippen molar-refractivity contribution < 1.29 is 4.79 Å². The van der Waals surface area contributed by atoms with Crippen molar-refractivity contribution in [3.05, 3.63) is 0 Å². The lowest BCUT2D eigenvalue weighted by atomic mass is 9.89. The molecule has 0 N–H and O–H groups in total. The Morgan fingerprint density at radius 1 is 1.41 bits per heavy atom. The van der Waals surface area contributed by atoms with E-state index in [-0.39, 0.29) is 0 Å². The monoisotopic (exact) mass is 257 g/mol. The van der Waals surface area contributed by atoms with Crippen molar-refractivity contribution in [2.45, 2.75) is 46.5 Å². The Kier molecular flexibility index (Phi) is 7.02. The van der Waals surface area contributed by atoms with Crippen molar-refractivity contribution in [3.8, 4) is 0 Å². The summed E-state index contributed by atoms with van der Waals surface area (Å²) in [4.78, 5) is 14.1. The van der Waals surface area contributed by atoms with Gasteiger partial charge in [0.1, 0.15) is 0 Å². The van der Waals surface area contributed by atoms with Crippen LogP contribution in [0.3, 0.4) is 0 Å². The molecule has 1 saturated heterocycles. The highest BCUT2D eigenvalue weighted by molar-refractivity contribution is 7.99. The number of amides is 1. The summed E-state index contributed by atoms with van der Waals surface area (Å²) in [6, 6.07) is 0. The van der Waals surface area contributed by atoms with Crippen LogP contribution in [0, 0.1) is 11.8 Å². The fraction of sp³-hybridized carbons (Fsp3) is 0.929. The number of carbonyl (C=O) groups is 1. The summed E-state index contributed by atoms with van der Waals surface area (Å²) in [5.74, 6) is 4.22. The van der Waals surface area contributed by atoms with Gasteiger partial charge in [0.05, 0.1) is 0 Å². The normalized spacial score (nSPS) is 22.0. The molecular formula is C14H27NOS. The number of nitrogens with zero attached hydrogens (tertiary/aromatic N) is 1. The van der Waals surface area contributed by atoms with Crippen molar-refractivity contribution >= 4 is 17.7 Å². The fourth-order valence-corrected chi connectivity index (χ4v) is 3.08. The van der Waals surface area contributed by atoms with Crippen LogP contribution >= 0.6 is 11.8 Å². The van der Waals surface area contributed by atoms with Crippen molar-refractivity contribution in [1.82, 2.24) is 4.90 Å². The number of hydrogen-bond acceptors (Lipinski definition) is 2. The third-order valence-corrected chi connectivity index (χ3v) is 4.70. The van der Waals surface area contributed by atoms with Crippen LogP contribution in [0.1, 0.15) is 46.5 Å². The van der Waals surface area contributed by atoms with E-state index in [0.717, 1.165) is 44.2 Å². The molecule has 0 aromatic heterocycles. The van der Waals surface area contributed by atoms with Gasteiger partial charge in [-0.25, -0.2) is 0 Å². The molecule has 1 unspecified atom stereocenters. The summed E-state index contributed by atoms with van der Waals surface area (Å²) < 4.78 is 0. The minimum absolute atomic E-state index is 0.384. The zero-order valence-corrected chi connectivity index (χ0v) is 12.4. The molecule has 0 radical (unpaired) electrons. The molecule has 0 aliphatic carbocycles. The summed E-state index contributed by atoms with van der Waals surface area (Å²) in [6.07, 6.45) is 4.21. The third-order valence-electron chi connectivity index (χ3n) is 3.72. The zero-order valence-electron chi connectivity index (χ0n) is 11.6. The van der Waals surface area contributed by atoms with E-state index in [1.807, 2.05) is 11.8 Å². The van der Waals surface area contributed by atoms with Crippen LogP contribution in [0.15, 0.2) is 0 Å². The predicted octanol–water partition coefficient (Wildman–Crippen LogP) is 3.41. The first-order chi connectivity index (χ1) is 8.15. The van der Waals surface area contributed by atoms with Gasteiger partial charge < -0.3 is 4.90 Å². The number of rotatable bonds is 6. The Balaban J connectivity index is 2.32. The van der Waals surface area contributed by atoms with E-state index < -0.39 is 0 Å². The Hall–Kier alpha value is -0.180. The van der Waals surface area contributed by atoms with Gasteiger partial charge in [-0.15, -0.1) is 0 Å². The van der Waals surface area contributed by atoms with Gasteiger partial charge in [0.15, 0.2) is 0 Å². The lowest BCUT2D eigenvalue weighted by molar-refractivity contribution is -0.130. The van der Waals surface area contributed by atoms with Gasteiger partial charge in [0.25, 0.3) is 0 Å². The minimum Gasteiger partial charge on any atom is -0.343 e. The maximum atomic E-state index is 12.0. The van der Waals surface area contributed by atoms with Crippen molar-refractivity contribution in [2.75, 3.05) is 24.6 Å². The highest BCUT2D eigenvalue weighted by atomic mass is 32.2. The smallest absolute Gasteiger partial charge is 0.222 e. The summed E-state index contributed by atoms with van der Waals surface area (Å²) in [5, 5.41) is 0. The van der Waals surface area contributed by atoms with Crippen LogP contribution in [0.2, 0.25) is 0 Å². The molecule has 0 bridgehead atoms. The van der Waals surface area contributed by atoms with Crippen LogP contribution in [0.4, 0.5) is 0 Å². The SMILES string of the molecule is CCSCCCN1CCC(C(C)C)CCC1=O. The van der Waals surface area contributed by atoms with Gasteiger partial charge in [0, 0.05) is 19.5 Å². The molecule has 0 spiro atoms. The maximum absolute atomic E-state index is 12.0. The Bertz CT molecular complexity index is 230. The molecule has 100 valence electrons. The van der Waals surface area contributed by atoms with E-state index in [1.54, 1.807) is 0 Å². The van der Waals surface area contributed by atoms with Gasteiger partial charge >= 0.3 is 0 Å². The molecule has 2 nitrogen and oxygen atoms in total. The molecule has 1 heterocycles. The molecule has 3 heteroatoms. The van der Waals surface area contributed by atoms with E-state index in [0.29, 0.717) is 5.91 Å². The second-order valence-corrected chi connectivity index (χ2v) is 6.66. The van der Waals surface area contributed by atoms with Crippen LogP contribution < -0.4 is 0 Å². The predicted molar refractivity (Wildman–Crippen MR) is 76.4 cm³/mol. The highest BCUT2D eigenvalue weighted by Gasteiger charge is 2.23. The van der Waals surface area contributed by atoms with Gasteiger partial charge in [-0.3, -0.25) is 4.79 Å². The molecule has 1 rings (SSSR count). The van der Waals surface area contributed by atoms with E-state index in [4.69, 9.17) is 0 Å². The van der Waals surface area contributed by atoms with Crippen molar-refractivity contribution in [2.24, 2.45) is 11.8 Å². The van der Waals surface area contributed by atoms with Crippen LogP contribution in [-0.4, -0.2) is 35.4 Å². The first-order valence-electron chi connectivity index (χ1n) is 7.00. The topological polar surface area (TPSA) is 20.3 Å². The quantitative estimate of drug-likeness (QED) is 0.680. The molecule has 1 aliphatic heterocycles. The zero-order chi connectivity index (χ0) is 12.7.